The molecule has 41 heavy (non-hydrogen) atoms. The average Bonchev–Trinajstić information content (AvgIpc) is 2.93. The van der Waals surface area contributed by atoms with Gasteiger partial charge in [-0.1, -0.05) is 24.3 Å². The molecule has 214 valence electrons. The molecule has 1 aromatic heterocycles. The van der Waals surface area contributed by atoms with Crippen LogP contribution in [0, 0.1) is 5.82 Å². The number of hydrogen-bond donors (Lipinski definition) is 1. The number of benzene rings is 3. The first-order chi connectivity index (χ1) is 19.5. The molecule has 1 aliphatic rings. The van der Waals surface area contributed by atoms with Crippen LogP contribution in [0.1, 0.15) is 6.92 Å². The van der Waals surface area contributed by atoms with E-state index in [0.717, 1.165) is 23.7 Å². The molecule has 1 fully saturated rings. The number of nitrogens with one attached hydrogen (secondary N) is 1. The van der Waals surface area contributed by atoms with E-state index in [1.54, 1.807) is 37.3 Å². The number of anilines is 1. The largest absolute Gasteiger partial charge is 0.573 e. The molecule has 1 unspecified atom stereocenters. The molecule has 1 atom stereocenters. The highest BCUT2D eigenvalue weighted by Gasteiger charge is 2.33. The van der Waals surface area contributed by atoms with E-state index in [0.29, 0.717) is 29.7 Å². The standard InChI is InChI=1S/C29H27F4N5O3/c1-18(37-13-11-36(2)12-14-37)27(39)35-25-16-20(8-10-26(25)41-29(31,32)33)38-17-34-24-15-19(7-9-22(24)28(38)40)21-5-3-4-6-23(21)30/h3-10,15-18H,11-14H2,1-2H3,(H,35,39). The maximum atomic E-state index is 14.3. The summed E-state index contributed by atoms with van der Waals surface area (Å²) >= 11 is 0. The molecule has 8 nitrogen and oxygen atoms in total. The lowest BCUT2D eigenvalue weighted by molar-refractivity contribution is -0.274. The van der Waals surface area contributed by atoms with Crippen LogP contribution in [-0.2, 0) is 4.79 Å². The van der Waals surface area contributed by atoms with Crippen LogP contribution >= 0.6 is 0 Å². The van der Waals surface area contributed by atoms with Gasteiger partial charge in [-0.2, -0.15) is 0 Å². The number of alkyl halides is 3. The molecule has 0 spiro atoms. The molecular formula is C29H27F4N5O3. The molecule has 1 N–H and O–H groups in total. The highest BCUT2D eigenvalue weighted by molar-refractivity contribution is 5.96. The second-order valence-corrected chi connectivity index (χ2v) is 9.86. The van der Waals surface area contributed by atoms with Gasteiger partial charge in [-0.05, 0) is 55.9 Å². The Balaban J connectivity index is 1.48. The zero-order valence-corrected chi connectivity index (χ0v) is 22.3. The van der Waals surface area contributed by atoms with Gasteiger partial charge in [0.15, 0.2) is 5.75 Å². The van der Waals surface area contributed by atoms with Crippen LogP contribution in [0.15, 0.2) is 71.8 Å². The van der Waals surface area contributed by atoms with Crippen LogP contribution in [0.25, 0.3) is 27.7 Å². The van der Waals surface area contributed by atoms with Gasteiger partial charge in [-0.3, -0.25) is 19.1 Å². The van der Waals surface area contributed by atoms with Crippen molar-refractivity contribution in [3.05, 3.63) is 83.2 Å². The van der Waals surface area contributed by atoms with Crippen LogP contribution in [0.3, 0.4) is 0 Å². The van der Waals surface area contributed by atoms with Crippen molar-refractivity contribution in [2.45, 2.75) is 19.3 Å². The zero-order valence-electron chi connectivity index (χ0n) is 22.3. The Labute approximate surface area is 232 Å². The molecule has 0 aliphatic carbocycles. The molecule has 1 saturated heterocycles. The summed E-state index contributed by atoms with van der Waals surface area (Å²) in [5, 5.41) is 2.77. The highest BCUT2D eigenvalue weighted by Crippen LogP contribution is 2.33. The van der Waals surface area contributed by atoms with E-state index < -0.39 is 35.4 Å². The van der Waals surface area contributed by atoms with Crippen molar-refractivity contribution in [2.24, 2.45) is 0 Å². The fraction of sp³-hybridized carbons (Fsp3) is 0.276. The first kappa shape index (κ1) is 28.2. The molecule has 4 aromatic rings. The smallest absolute Gasteiger partial charge is 0.404 e. The average molecular weight is 570 g/mol. The lowest BCUT2D eigenvalue weighted by Crippen LogP contribution is -2.51. The van der Waals surface area contributed by atoms with Crippen molar-refractivity contribution >= 4 is 22.5 Å². The van der Waals surface area contributed by atoms with Gasteiger partial charge in [0.25, 0.3) is 5.56 Å². The second-order valence-electron chi connectivity index (χ2n) is 9.86. The number of aromatic nitrogens is 2. The number of piperazine rings is 1. The van der Waals surface area contributed by atoms with Crippen LogP contribution in [0.4, 0.5) is 23.2 Å². The van der Waals surface area contributed by atoms with Gasteiger partial charge in [0.1, 0.15) is 12.1 Å². The number of nitrogens with zero attached hydrogens (tertiary/aromatic N) is 4. The van der Waals surface area contributed by atoms with E-state index in [9.17, 15) is 27.2 Å². The molecule has 2 heterocycles. The highest BCUT2D eigenvalue weighted by atomic mass is 19.4. The summed E-state index contributed by atoms with van der Waals surface area (Å²) < 4.78 is 59.0. The Morgan fingerprint density at radius 1 is 1.02 bits per heavy atom. The van der Waals surface area contributed by atoms with Crippen molar-refractivity contribution in [1.82, 2.24) is 19.4 Å². The monoisotopic (exact) mass is 569 g/mol. The number of ether oxygens (including phenoxy) is 1. The van der Waals surface area contributed by atoms with E-state index in [4.69, 9.17) is 0 Å². The molecule has 0 radical (unpaired) electrons. The molecule has 3 aromatic carbocycles. The fourth-order valence-electron chi connectivity index (χ4n) is 4.76. The molecule has 0 saturated carbocycles. The van der Waals surface area contributed by atoms with Crippen molar-refractivity contribution in [3.8, 4) is 22.6 Å². The minimum atomic E-state index is -5.00. The van der Waals surface area contributed by atoms with Crippen molar-refractivity contribution < 1.29 is 27.1 Å². The van der Waals surface area contributed by atoms with E-state index in [1.165, 1.54) is 30.6 Å². The predicted octanol–water partition coefficient (Wildman–Crippen LogP) is 4.66. The van der Waals surface area contributed by atoms with Crippen LogP contribution in [0.5, 0.6) is 5.75 Å². The summed E-state index contributed by atoms with van der Waals surface area (Å²) in [5.41, 5.74) is 0.633. The third-order valence-corrected chi connectivity index (χ3v) is 7.13. The Bertz CT molecular complexity index is 1650. The topological polar surface area (TPSA) is 79.7 Å². The number of fused-ring (bicyclic) bond motifs is 1. The number of hydrogen-bond acceptors (Lipinski definition) is 6. The molecule has 1 amide bonds. The summed E-state index contributed by atoms with van der Waals surface area (Å²) in [6.07, 6.45) is -3.77. The van der Waals surface area contributed by atoms with E-state index in [-0.39, 0.29) is 16.8 Å². The maximum absolute atomic E-state index is 14.3. The number of amides is 1. The van der Waals surface area contributed by atoms with Crippen molar-refractivity contribution in [1.29, 1.82) is 0 Å². The lowest BCUT2D eigenvalue weighted by atomic mass is 10.0. The molecule has 5 rings (SSSR count). The Kier molecular flexibility index (Phi) is 7.78. The van der Waals surface area contributed by atoms with Crippen LogP contribution in [0.2, 0.25) is 0 Å². The van der Waals surface area contributed by atoms with Gasteiger partial charge in [0, 0.05) is 31.7 Å². The number of rotatable bonds is 6. The Morgan fingerprint density at radius 3 is 2.46 bits per heavy atom. The number of likely N-dealkylation sites (N-methyl/N-ethyl adjacent to an activating group) is 1. The minimum absolute atomic E-state index is 0.166. The summed E-state index contributed by atoms with van der Waals surface area (Å²) in [4.78, 5) is 34.8. The van der Waals surface area contributed by atoms with Gasteiger partial charge in [-0.25, -0.2) is 9.37 Å². The summed E-state index contributed by atoms with van der Waals surface area (Å²) in [6, 6.07) is 13.9. The van der Waals surface area contributed by atoms with Gasteiger partial charge < -0.3 is 15.0 Å². The number of carbonyl (C=O) groups is 1. The summed E-state index contributed by atoms with van der Waals surface area (Å²) in [5.74, 6) is -1.54. The van der Waals surface area contributed by atoms with Gasteiger partial charge in [0.2, 0.25) is 5.91 Å². The van der Waals surface area contributed by atoms with Crippen molar-refractivity contribution in [2.75, 3.05) is 38.5 Å². The maximum Gasteiger partial charge on any atom is 0.573 e. The summed E-state index contributed by atoms with van der Waals surface area (Å²) in [7, 11) is 1.97. The van der Waals surface area contributed by atoms with Crippen LogP contribution in [-0.4, -0.2) is 70.9 Å². The Morgan fingerprint density at radius 2 is 1.76 bits per heavy atom. The van der Waals surface area contributed by atoms with E-state index >= 15 is 0 Å². The quantitative estimate of drug-likeness (QED) is 0.340. The Hall–Kier alpha value is -4.29. The molecule has 1 aliphatic heterocycles. The van der Waals surface area contributed by atoms with Gasteiger partial charge >= 0.3 is 6.36 Å². The zero-order chi connectivity index (χ0) is 29.3. The normalized spacial score (nSPS) is 15.6. The van der Waals surface area contributed by atoms with Gasteiger partial charge in [-0.15, -0.1) is 13.2 Å². The third-order valence-electron chi connectivity index (χ3n) is 7.13. The van der Waals surface area contributed by atoms with Gasteiger partial charge in [0.05, 0.1) is 28.3 Å². The van der Waals surface area contributed by atoms with E-state index in [1.807, 2.05) is 11.9 Å². The first-order valence-corrected chi connectivity index (χ1v) is 12.9. The number of halogens is 4. The van der Waals surface area contributed by atoms with Crippen LogP contribution < -0.4 is 15.6 Å². The second kappa shape index (κ2) is 11.3. The fourth-order valence-corrected chi connectivity index (χ4v) is 4.76. The SMILES string of the molecule is CC(C(=O)Nc1cc(-n2cnc3cc(-c4ccccc4F)ccc3c2=O)ccc1OC(F)(F)F)N1CCN(C)CC1. The number of carbonyl (C=O) groups excluding carboxylic acids is 1. The summed E-state index contributed by atoms with van der Waals surface area (Å²) in [6.45, 7) is 4.47. The third kappa shape index (κ3) is 6.23. The minimum Gasteiger partial charge on any atom is -0.404 e. The predicted molar refractivity (Wildman–Crippen MR) is 147 cm³/mol. The lowest BCUT2D eigenvalue weighted by Gasteiger charge is -2.35. The molecule has 12 heteroatoms. The van der Waals surface area contributed by atoms with Crippen molar-refractivity contribution in [3.63, 3.8) is 0 Å². The van der Waals surface area contributed by atoms with E-state index in [2.05, 4.69) is 19.9 Å². The first-order valence-electron chi connectivity index (χ1n) is 12.9. The molecule has 0 bridgehead atoms. The molecular weight excluding hydrogens is 542 g/mol.